The Hall–Kier alpha value is -0.610. The molecule has 0 aromatic rings. The maximum atomic E-state index is 11.7. The number of nitrogens with one attached hydrogen (secondary N) is 2. The smallest absolute Gasteiger partial charge is 0.224 e. The molecular weight excluding hydrogens is 192 g/mol. The molecular formula is C11H22N2O2. The topological polar surface area (TPSA) is 61.4 Å². The van der Waals surface area contributed by atoms with E-state index < -0.39 is 0 Å². The first-order valence-electron chi connectivity index (χ1n) is 5.76. The molecule has 1 atom stereocenters. The van der Waals surface area contributed by atoms with Gasteiger partial charge in [0.05, 0.1) is 6.10 Å². The van der Waals surface area contributed by atoms with E-state index in [1.807, 2.05) is 14.0 Å². The number of carbonyl (C=O) groups excluding carboxylic acids is 1. The Morgan fingerprint density at radius 3 is 2.53 bits per heavy atom. The number of hydrogen-bond acceptors (Lipinski definition) is 3. The second kappa shape index (κ2) is 6.08. The summed E-state index contributed by atoms with van der Waals surface area (Å²) in [6.07, 6.45) is 3.27. The minimum absolute atomic E-state index is 0.0156. The predicted molar refractivity (Wildman–Crippen MR) is 59.5 cm³/mol. The van der Waals surface area contributed by atoms with E-state index >= 15 is 0 Å². The van der Waals surface area contributed by atoms with Crippen LogP contribution in [0, 0.1) is 5.92 Å². The Morgan fingerprint density at radius 2 is 2.00 bits per heavy atom. The summed E-state index contributed by atoms with van der Waals surface area (Å²) in [5.74, 6) is 0.132. The van der Waals surface area contributed by atoms with Crippen molar-refractivity contribution in [3.05, 3.63) is 0 Å². The molecule has 0 bridgehead atoms. The standard InChI is InChI=1S/C11H22N2O2/c1-8(7-12-2)11(15)13-9-3-5-10(14)6-4-9/h8-10,12,14H,3-7H2,1-2H3,(H,13,15). The van der Waals surface area contributed by atoms with Crippen LogP contribution in [-0.4, -0.2) is 36.8 Å². The van der Waals surface area contributed by atoms with Gasteiger partial charge in [-0.05, 0) is 32.7 Å². The molecule has 0 aromatic carbocycles. The highest BCUT2D eigenvalue weighted by molar-refractivity contribution is 5.78. The highest BCUT2D eigenvalue weighted by Gasteiger charge is 2.22. The SMILES string of the molecule is CNCC(C)C(=O)NC1CCC(O)CC1. The fraction of sp³-hybridized carbons (Fsp3) is 0.909. The molecule has 1 rings (SSSR count). The van der Waals surface area contributed by atoms with Crippen molar-refractivity contribution in [1.82, 2.24) is 10.6 Å². The molecule has 0 heterocycles. The van der Waals surface area contributed by atoms with Gasteiger partial charge in [0.25, 0.3) is 0 Å². The van der Waals surface area contributed by atoms with Gasteiger partial charge in [-0.3, -0.25) is 4.79 Å². The minimum atomic E-state index is -0.159. The number of rotatable bonds is 4. The molecule has 0 spiro atoms. The Balaban J connectivity index is 2.25. The Kier molecular flexibility index (Phi) is 5.05. The van der Waals surface area contributed by atoms with Crippen LogP contribution in [0.3, 0.4) is 0 Å². The predicted octanol–water partition coefficient (Wildman–Crippen LogP) is 0.262. The lowest BCUT2D eigenvalue weighted by Crippen LogP contribution is -2.42. The lowest BCUT2D eigenvalue weighted by molar-refractivity contribution is -0.125. The molecule has 1 aliphatic rings. The quantitative estimate of drug-likeness (QED) is 0.629. The summed E-state index contributed by atoms with van der Waals surface area (Å²) >= 11 is 0. The molecule has 0 radical (unpaired) electrons. The lowest BCUT2D eigenvalue weighted by atomic mass is 9.93. The van der Waals surface area contributed by atoms with Crippen LogP contribution in [0.2, 0.25) is 0 Å². The van der Waals surface area contributed by atoms with Gasteiger partial charge in [0.15, 0.2) is 0 Å². The van der Waals surface area contributed by atoms with Crippen LogP contribution in [0.1, 0.15) is 32.6 Å². The van der Waals surface area contributed by atoms with Crippen molar-refractivity contribution >= 4 is 5.91 Å². The Labute approximate surface area is 91.4 Å². The summed E-state index contributed by atoms with van der Waals surface area (Å²) in [6.45, 7) is 2.63. The molecule has 1 amide bonds. The van der Waals surface area contributed by atoms with Gasteiger partial charge in [-0.25, -0.2) is 0 Å². The van der Waals surface area contributed by atoms with Crippen molar-refractivity contribution in [3.63, 3.8) is 0 Å². The maximum absolute atomic E-state index is 11.7. The van der Waals surface area contributed by atoms with E-state index in [0.717, 1.165) is 25.7 Å². The van der Waals surface area contributed by atoms with E-state index in [-0.39, 0.29) is 24.0 Å². The molecule has 4 heteroatoms. The molecule has 88 valence electrons. The summed E-state index contributed by atoms with van der Waals surface area (Å²) < 4.78 is 0. The summed E-state index contributed by atoms with van der Waals surface area (Å²) in [4.78, 5) is 11.7. The summed E-state index contributed by atoms with van der Waals surface area (Å²) in [7, 11) is 1.85. The second-order valence-electron chi connectivity index (χ2n) is 4.47. The molecule has 1 fully saturated rings. The Morgan fingerprint density at radius 1 is 1.40 bits per heavy atom. The zero-order chi connectivity index (χ0) is 11.3. The Bertz CT molecular complexity index is 201. The molecule has 1 saturated carbocycles. The fourth-order valence-electron chi connectivity index (χ4n) is 1.96. The van der Waals surface area contributed by atoms with Gasteiger partial charge in [0, 0.05) is 18.5 Å². The minimum Gasteiger partial charge on any atom is -0.393 e. The first-order valence-corrected chi connectivity index (χ1v) is 5.76. The molecule has 0 saturated heterocycles. The van der Waals surface area contributed by atoms with Gasteiger partial charge in [-0.15, -0.1) is 0 Å². The molecule has 15 heavy (non-hydrogen) atoms. The zero-order valence-electron chi connectivity index (χ0n) is 9.62. The molecule has 1 unspecified atom stereocenters. The van der Waals surface area contributed by atoms with Gasteiger partial charge < -0.3 is 15.7 Å². The largest absolute Gasteiger partial charge is 0.393 e. The molecule has 0 aromatic heterocycles. The van der Waals surface area contributed by atoms with E-state index in [1.165, 1.54) is 0 Å². The zero-order valence-corrected chi connectivity index (χ0v) is 9.62. The second-order valence-corrected chi connectivity index (χ2v) is 4.47. The van der Waals surface area contributed by atoms with Gasteiger partial charge >= 0.3 is 0 Å². The van der Waals surface area contributed by atoms with E-state index in [0.29, 0.717) is 6.54 Å². The number of aliphatic hydroxyl groups excluding tert-OH is 1. The first-order chi connectivity index (χ1) is 7.13. The molecule has 4 nitrogen and oxygen atoms in total. The van der Waals surface area contributed by atoms with Crippen molar-refractivity contribution in [2.75, 3.05) is 13.6 Å². The molecule has 3 N–H and O–H groups in total. The highest BCUT2D eigenvalue weighted by Crippen LogP contribution is 2.18. The van der Waals surface area contributed by atoms with Crippen molar-refractivity contribution in [2.45, 2.75) is 44.8 Å². The van der Waals surface area contributed by atoms with E-state index in [2.05, 4.69) is 10.6 Å². The third-order valence-electron chi connectivity index (χ3n) is 3.00. The first kappa shape index (κ1) is 12.5. The van der Waals surface area contributed by atoms with Crippen molar-refractivity contribution in [3.8, 4) is 0 Å². The average Bonchev–Trinajstić information content (AvgIpc) is 2.22. The molecule has 0 aliphatic heterocycles. The summed E-state index contributed by atoms with van der Waals surface area (Å²) in [5.41, 5.74) is 0. The number of amides is 1. The van der Waals surface area contributed by atoms with E-state index in [1.54, 1.807) is 0 Å². The van der Waals surface area contributed by atoms with Crippen LogP contribution in [-0.2, 0) is 4.79 Å². The third kappa shape index (κ3) is 4.18. The number of carbonyl (C=O) groups is 1. The van der Waals surface area contributed by atoms with Crippen molar-refractivity contribution < 1.29 is 9.90 Å². The number of aliphatic hydroxyl groups is 1. The van der Waals surface area contributed by atoms with Gasteiger partial charge in [0.1, 0.15) is 0 Å². The van der Waals surface area contributed by atoms with E-state index in [4.69, 9.17) is 0 Å². The third-order valence-corrected chi connectivity index (χ3v) is 3.00. The summed E-state index contributed by atoms with van der Waals surface area (Å²) in [6, 6.07) is 0.264. The average molecular weight is 214 g/mol. The van der Waals surface area contributed by atoms with Crippen LogP contribution in [0.5, 0.6) is 0 Å². The van der Waals surface area contributed by atoms with Gasteiger partial charge in [-0.1, -0.05) is 6.92 Å². The van der Waals surface area contributed by atoms with Crippen LogP contribution in [0.15, 0.2) is 0 Å². The lowest BCUT2D eigenvalue weighted by Gasteiger charge is -2.27. The van der Waals surface area contributed by atoms with E-state index in [9.17, 15) is 9.90 Å². The van der Waals surface area contributed by atoms with Gasteiger partial charge in [-0.2, -0.15) is 0 Å². The van der Waals surface area contributed by atoms with Crippen LogP contribution < -0.4 is 10.6 Å². The van der Waals surface area contributed by atoms with Gasteiger partial charge in [0.2, 0.25) is 5.91 Å². The normalized spacial score (nSPS) is 28.5. The van der Waals surface area contributed by atoms with Crippen LogP contribution in [0.4, 0.5) is 0 Å². The molecule has 1 aliphatic carbocycles. The van der Waals surface area contributed by atoms with Crippen molar-refractivity contribution in [2.24, 2.45) is 5.92 Å². The van der Waals surface area contributed by atoms with Crippen LogP contribution in [0.25, 0.3) is 0 Å². The monoisotopic (exact) mass is 214 g/mol. The maximum Gasteiger partial charge on any atom is 0.224 e. The summed E-state index contributed by atoms with van der Waals surface area (Å²) in [5, 5.41) is 15.4. The fourth-order valence-corrected chi connectivity index (χ4v) is 1.96. The highest BCUT2D eigenvalue weighted by atomic mass is 16.3. The number of hydrogen-bond donors (Lipinski definition) is 3. The van der Waals surface area contributed by atoms with Crippen LogP contribution >= 0.6 is 0 Å². The van der Waals surface area contributed by atoms with Crippen molar-refractivity contribution in [1.29, 1.82) is 0 Å².